The molecule has 2 saturated heterocycles. The number of aliphatic hydroxyl groups excluding tert-OH is 1. The van der Waals surface area contributed by atoms with Gasteiger partial charge in [-0.05, 0) is 81.1 Å². The molecule has 10 unspecified atom stereocenters. The molecular weight excluding hydrogens is 404 g/mol. The van der Waals surface area contributed by atoms with Crippen LogP contribution in [0.15, 0.2) is 11.6 Å². The average molecular weight is 445 g/mol. The van der Waals surface area contributed by atoms with Gasteiger partial charge in [-0.15, -0.1) is 0 Å². The van der Waals surface area contributed by atoms with E-state index in [1.807, 2.05) is 13.0 Å². The van der Waals surface area contributed by atoms with Crippen molar-refractivity contribution in [2.24, 2.45) is 34.5 Å². The van der Waals surface area contributed by atoms with Gasteiger partial charge in [0, 0.05) is 24.2 Å². The van der Waals surface area contributed by atoms with Crippen molar-refractivity contribution in [1.82, 2.24) is 0 Å². The molecule has 2 aliphatic heterocycles. The zero-order valence-corrected chi connectivity index (χ0v) is 20.2. The first-order valence-corrected chi connectivity index (χ1v) is 13.0. The van der Waals surface area contributed by atoms with Crippen LogP contribution in [0, 0.1) is 34.5 Å². The molecular formula is C27H40O5. The summed E-state index contributed by atoms with van der Waals surface area (Å²) in [5.74, 6) is 1.03. The number of rotatable bonds is 1. The highest BCUT2D eigenvalue weighted by molar-refractivity contribution is 5.91. The van der Waals surface area contributed by atoms with Gasteiger partial charge in [-0.1, -0.05) is 26.3 Å². The van der Waals surface area contributed by atoms with Crippen LogP contribution in [0.25, 0.3) is 0 Å². The first-order valence-electron chi connectivity index (χ1n) is 13.0. The summed E-state index contributed by atoms with van der Waals surface area (Å²) in [7, 11) is 0. The van der Waals surface area contributed by atoms with E-state index in [4.69, 9.17) is 9.47 Å². The van der Waals surface area contributed by atoms with Crippen molar-refractivity contribution in [3.05, 3.63) is 11.6 Å². The summed E-state index contributed by atoms with van der Waals surface area (Å²) in [6.45, 7) is 8.79. The van der Waals surface area contributed by atoms with E-state index in [0.29, 0.717) is 30.0 Å². The highest BCUT2D eigenvalue weighted by Crippen LogP contribution is 2.72. The molecule has 10 atom stereocenters. The Bertz CT molecular complexity index is 883. The highest BCUT2D eigenvalue weighted by Gasteiger charge is 2.77. The third kappa shape index (κ3) is 2.42. The summed E-state index contributed by atoms with van der Waals surface area (Å²) >= 11 is 0. The van der Waals surface area contributed by atoms with Crippen LogP contribution in [0.3, 0.4) is 0 Å². The maximum Gasteiger partial charge on any atom is 0.175 e. The molecule has 2 N–H and O–H groups in total. The SMILES string of the molecule is CC1C2(CCC(C)(CO)O2)OC2CC3C4CCC5=CC(=O)CCC5(C)C4CCC3(C)C21O. The maximum atomic E-state index is 12.4. The minimum atomic E-state index is -0.900. The number of fused-ring (bicyclic) bond motifs is 7. The Balaban J connectivity index is 1.32. The largest absolute Gasteiger partial charge is 0.393 e. The summed E-state index contributed by atoms with van der Waals surface area (Å²) in [4.78, 5) is 12.1. The standard InChI is InChI=1S/C27H40O5/c1-16-26(12-11-23(2,15-28)32-26)31-22-14-21-19-6-5-17-13-18(29)7-9-24(17,3)20(19)8-10-25(21,4)27(16,22)30/h13,16,19-22,28,30H,5-12,14-15H2,1-4H3. The monoisotopic (exact) mass is 444 g/mol. The molecule has 0 aromatic rings. The molecule has 2 heterocycles. The molecule has 0 bridgehead atoms. The molecule has 5 heteroatoms. The molecule has 4 aliphatic carbocycles. The zero-order valence-electron chi connectivity index (χ0n) is 20.2. The number of carbonyl (C=O) groups is 1. The lowest BCUT2D eigenvalue weighted by molar-refractivity contribution is -0.264. The van der Waals surface area contributed by atoms with E-state index in [1.165, 1.54) is 5.57 Å². The maximum absolute atomic E-state index is 12.4. The van der Waals surface area contributed by atoms with E-state index in [-0.39, 0.29) is 29.5 Å². The second-order valence-electron chi connectivity index (χ2n) is 12.8. The molecule has 178 valence electrons. The van der Waals surface area contributed by atoms with E-state index < -0.39 is 17.0 Å². The van der Waals surface area contributed by atoms with Crippen LogP contribution in [0.4, 0.5) is 0 Å². The number of ether oxygens (including phenoxy) is 2. The fourth-order valence-corrected chi connectivity index (χ4v) is 9.64. The Morgan fingerprint density at radius 2 is 1.84 bits per heavy atom. The molecule has 0 amide bonds. The van der Waals surface area contributed by atoms with Gasteiger partial charge in [0.1, 0.15) is 5.60 Å². The van der Waals surface area contributed by atoms with Crippen LogP contribution in [0.1, 0.15) is 85.5 Å². The first-order chi connectivity index (χ1) is 15.0. The van der Waals surface area contributed by atoms with Gasteiger partial charge in [0.15, 0.2) is 11.6 Å². The number of carbonyl (C=O) groups excluding carboxylic acids is 1. The number of ketones is 1. The summed E-state index contributed by atoms with van der Waals surface area (Å²) in [6.07, 6.45) is 10.1. The fourth-order valence-electron chi connectivity index (χ4n) is 9.64. The highest BCUT2D eigenvalue weighted by atomic mass is 16.7. The predicted molar refractivity (Wildman–Crippen MR) is 120 cm³/mol. The Hall–Kier alpha value is -0.750. The number of allylic oxidation sites excluding steroid dienone is 1. The fraction of sp³-hybridized carbons (Fsp3) is 0.889. The third-order valence-corrected chi connectivity index (χ3v) is 11.6. The number of hydrogen-bond donors (Lipinski definition) is 2. The van der Waals surface area contributed by atoms with Crippen LogP contribution in [0.5, 0.6) is 0 Å². The van der Waals surface area contributed by atoms with Gasteiger partial charge < -0.3 is 19.7 Å². The molecule has 6 aliphatic rings. The lowest BCUT2D eigenvalue weighted by Gasteiger charge is -2.59. The van der Waals surface area contributed by atoms with Crippen molar-refractivity contribution in [1.29, 1.82) is 0 Å². The van der Waals surface area contributed by atoms with Crippen LogP contribution in [-0.4, -0.2) is 45.7 Å². The molecule has 5 fully saturated rings. The second-order valence-corrected chi connectivity index (χ2v) is 12.8. The van der Waals surface area contributed by atoms with E-state index in [0.717, 1.165) is 51.4 Å². The molecule has 0 radical (unpaired) electrons. The summed E-state index contributed by atoms with van der Waals surface area (Å²) in [5.41, 5.74) is -0.139. The van der Waals surface area contributed by atoms with Crippen LogP contribution >= 0.6 is 0 Å². The van der Waals surface area contributed by atoms with Gasteiger partial charge in [0.25, 0.3) is 0 Å². The van der Waals surface area contributed by atoms with Crippen molar-refractivity contribution in [3.8, 4) is 0 Å². The van der Waals surface area contributed by atoms with E-state index in [9.17, 15) is 15.0 Å². The topological polar surface area (TPSA) is 76.0 Å². The lowest BCUT2D eigenvalue weighted by Crippen LogP contribution is -2.59. The van der Waals surface area contributed by atoms with Gasteiger partial charge in [-0.2, -0.15) is 0 Å². The second kappa shape index (κ2) is 6.47. The molecule has 6 rings (SSSR count). The van der Waals surface area contributed by atoms with E-state index in [1.54, 1.807) is 0 Å². The smallest absolute Gasteiger partial charge is 0.175 e. The zero-order chi connectivity index (χ0) is 22.7. The van der Waals surface area contributed by atoms with Gasteiger partial charge in [-0.25, -0.2) is 0 Å². The van der Waals surface area contributed by atoms with Gasteiger partial charge >= 0.3 is 0 Å². The molecule has 1 spiro atoms. The quantitative estimate of drug-likeness (QED) is 0.635. The van der Waals surface area contributed by atoms with Crippen molar-refractivity contribution >= 4 is 5.78 Å². The van der Waals surface area contributed by atoms with Crippen molar-refractivity contribution < 1.29 is 24.5 Å². The van der Waals surface area contributed by atoms with Crippen molar-refractivity contribution in [2.75, 3.05) is 6.61 Å². The molecule has 0 aromatic heterocycles. The average Bonchev–Trinajstić information content (AvgIpc) is 3.30. The van der Waals surface area contributed by atoms with E-state index in [2.05, 4.69) is 20.8 Å². The van der Waals surface area contributed by atoms with Crippen LogP contribution in [0.2, 0.25) is 0 Å². The summed E-state index contributed by atoms with van der Waals surface area (Å²) in [5, 5.41) is 22.3. The van der Waals surface area contributed by atoms with Crippen LogP contribution in [-0.2, 0) is 14.3 Å². The van der Waals surface area contributed by atoms with Crippen LogP contribution < -0.4 is 0 Å². The van der Waals surface area contributed by atoms with Gasteiger partial charge in [0.05, 0.1) is 18.3 Å². The van der Waals surface area contributed by atoms with Gasteiger partial charge in [0.2, 0.25) is 0 Å². The Kier molecular flexibility index (Phi) is 4.40. The number of hydrogen-bond acceptors (Lipinski definition) is 5. The Morgan fingerprint density at radius 3 is 2.56 bits per heavy atom. The predicted octanol–water partition coefficient (Wildman–Crippen LogP) is 4.15. The number of aliphatic hydroxyl groups is 2. The van der Waals surface area contributed by atoms with E-state index >= 15 is 0 Å². The molecule has 32 heavy (non-hydrogen) atoms. The van der Waals surface area contributed by atoms with Gasteiger partial charge in [-0.3, -0.25) is 4.79 Å². The molecule has 3 saturated carbocycles. The molecule has 5 nitrogen and oxygen atoms in total. The lowest BCUT2D eigenvalue weighted by atomic mass is 9.45. The Labute approximate surface area is 191 Å². The summed E-state index contributed by atoms with van der Waals surface area (Å²) in [6, 6.07) is 0. The minimum Gasteiger partial charge on any atom is -0.393 e. The third-order valence-electron chi connectivity index (χ3n) is 11.6. The summed E-state index contributed by atoms with van der Waals surface area (Å²) < 4.78 is 13.1. The van der Waals surface area contributed by atoms with Crippen molar-refractivity contribution in [2.45, 2.75) is 109 Å². The molecule has 0 aromatic carbocycles. The van der Waals surface area contributed by atoms with Crippen molar-refractivity contribution in [3.63, 3.8) is 0 Å². The first kappa shape index (κ1) is 21.8. The normalized spacial score (nSPS) is 58.9. The Morgan fingerprint density at radius 1 is 1.06 bits per heavy atom. The minimum absolute atomic E-state index is 0.0193.